The van der Waals surface area contributed by atoms with Gasteiger partial charge in [-0.1, -0.05) is 54.2 Å². The molecule has 1 aliphatic heterocycles. The molecule has 0 radical (unpaired) electrons. The summed E-state index contributed by atoms with van der Waals surface area (Å²) in [7, 11) is 0. The van der Waals surface area contributed by atoms with Crippen molar-refractivity contribution < 1.29 is 9.59 Å². The predicted octanol–water partition coefficient (Wildman–Crippen LogP) is 3.48. The standard InChI is InChI=1S/C17H13NO2S/c19-12-18(10-13-6-2-1-3-7-13)11-16-17(20)14-8-4-5-9-15(14)21-16/h1-9,11-12H,10H2. The summed E-state index contributed by atoms with van der Waals surface area (Å²) in [6.07, 6.45) is 2.38. The third-order valence-electron chi connectivity index (χ3n) is 3.20. The highest BCUT2D eigenvalue weighted by Crippen LogP contribution is 2.39. The fourth-order valence-corrected chi connectivity index (χ4v) is 3.23. The average molecular weight is 295 g/mol. The summed E-state index contributed by atoms with van der Waals surface area (Å²) in [5.74, 6) is -0.0180. The van der Waals surface area contributed by atoms with Crippen LogP contribution < -0.4 is 0 Å². The first kappa shape index (κ1) is 13.6. The summed E-state index contributed by atoms with van der Waals surface area (Å²) in [5.41, 5.74) is 1.73. The molecule has 0 saturated carbocycles. The molecule has 21 heavy (non-hydrogen) atoms. The maximum Gasteiger partial charge on any atom is 0.214 e. The fraction of sp³-hybridized carbons (Fsp3) is 0.0588. The van der Waals surface area contributed by atoms with E-state index in [4.69, 9.17) is 0 Å². The molecular formula is C17H13NO2S. The van der Waals surface area contributed by atoms with Crippen LogP contribution >= 0.6 is 11.8 Å². The maximum absolute atomic E-state index is 12.3. The van der Waals surface area contributed by atoms with E-state index in [-0.39, 0.29) is 5.78 Å². The fourth-order valence-electron chi connectivity index (χ4n) is 2.18. The molecule has 3 rings (SSSR count). The van der Waals surface area contributed by atoms with E-state index in [2.05, 4.69) is 0 Å². The highest BCUT2D eigenvalue weighted by atomic mass is 32.2. The van der Waals surface area contributed by atoms with Crippen LogP contribution in [0.5, 0.6) is 0 Å². The van der Waals surface area contributed by atoms with Gasteiger partial charge in [-0.15, -0.1) is 0 Å². The van der Waals surface area contributed by atoms with Gasteiger partial charge >= 0.3 is 0 Å². The number of hydrogen-bond donors (Lipinski definition) is 0. The number of carbonyl (C=O) groups is 2. The van der Waals surface area contributed by atoms with Crippen molar-refractivity contribution in [3.05, 3.63) is 76.8 Å². The summed E-state index contributed by atoms with van der Waals surface area (Å²) in [4.78, 5) is 26.5. The molecule has 0 spiro atoms. The average Bonchev–Trinajstić information content (AvgIpc) is 2.84. The van der Waals surface area contributed by atoms with Crippen LogP contribution in [0.2, 0.25) is 0 Å². The quantitative estimate of drug-likeness (QED) is 0.640. The molecule has 2 aromatic rings. The zero-order valence-electron chi connectivity index (χ0n) is 11.2. The Balaban J connectivity index is 1.81. The monoisotopic (exact) mass is 295 g/mol. The van der Waals surface area contributed by atoms with Crippen molar-refractivity contribution >= 4 is 24.0 Å². The third kappa shape index (κ3) is 2.90. The minimum absolute atomic E-state index is 0.0180. The summed E-state index contributed by atoms with van der Waals surface area (Å²) in [5, 5.41) is 0. The van der Waals surface area contributed by atoms with Gasteiger partial charge in [0.25, 0.3) is 0 Å². The van der Waals surface area contributed by atoms with E-state index in [1.807, 2.05) is 54.6 Å². The second kappa shape index (κ2) is 5.97. The van der Waals surface area contributed by atoms with Gasteiger partial charge < -0.3 is 4.90 Å². The molecule has 0 fully saturated rings. The molecule has 3 nitrogen and oxygen atoms in total. The molecule has 1 aliphatic rings. The number of allylic oxidation sites excluding steroid dienone is 1. The highest BCUT2D eigenvalue weighted by molar-refractivity contribution is 8.04. The number of benzene rings is 2. The van der Waals surface area contributed by atoms with Gasteiger partial charge in [-0.05, 0) is 17.7 Å². The molecule has 0 unspecified atom stereocenters. The number of rotatable bonds is 4. The Morgan fingerprint density at radius 1 is 1.00 bits per heavy atom. The molecule has 4 heteroatoms. The summed E-state index contributed by atoms with van der Waals surface area (Å²) in [6, 6.07) is 17.2. The minimum atomic E-state index is -0.0180. The number of nitrogens with zero attached hydrogens (tertiary/aromatic N) is 1. The van der Waals surface area contributed by atoms with Crippen LogP contribution in [-0.4, -0.2) is 17.1 Å². The van der Waals surface area contributed by atoms with Crippen molar-refractivity contribution in [1.82, 2.24) is 4.90 Å². The first-order chi connectivity index (χ1) is 10.3. The Labute approximate surface area is 127 Å². The number of carbonyl (C=O) groups excluding carboxylic acids is 2. The zero-order chi connectivity index (χ0) is 14.7. The SMILES string of the molecule is O=CN(C=C1Sc2ccccc2C1=O)Cc1ccccc1. The molecule has 0 aliphatic carbocycles. The Kier molecular flexibility index (Phi) is 3.88. The molecule has 104 valence electrons. The lowest BCUT2D eigenvalue weighted by Crippen LogP contribution is -2.15. The topological polar surface area (TPSA) is 37.4 Å². The normalized spacial score (nSPS) is 15.0. The van der Waals surface area contributed by atoms with Crippen LogP contribution in [0.4, 0.5) is 0 Å². The Morgan fingerprint density at radius 3 is 2.43 bits per heavy atom. The number of ketones is 1. The van der Waals surface area contributed by atoms with Crippen molar-refractivity contribution in [3.63, 3.8) is 0 Å². The second-order valence-electron chi connectivity index (χ2n) is 4.68. The second-order valence-corrected chi connectivity index (χ2v) is 5.77. The lowest BCUT2D eigenvalue weighted by molar-refractivity contribution is -0.116. The van der Waals surface area contributed by atoms with Crippen molar-refractivity contribution in [3.8, 4) is 0 Å². The van der Waals surface area contributed by atoms with Gasteiger partial charge in [0.2, 0.25) is 12.2 Å². The largest absolute Gasteiger partial charge is 0.316 e. The maximum atomic E-state index is 12.3. The van der Waals surface area contributed by atoms with E-state index >= 15 is 0 Å². The molecular weight excluding hydrogens is 282 g/mol. The molecule has 1 heterocycles. The van der Waals surface area contributed by atoms with Crippen LogP contribution in [0, 0.1) is 0 Å². The smallest absolute Gasteiger partial charge is 0.214 e. The van der Waals surface area contributed by atoms with Gasteiger partial charge in [-0.3, -0.25) is 9.59 Å². The third-order valence-corrected chi connectivity index (χ3v) is 4.29. The Hall–Kier alpha value is -2.33. The van der Waals surface area contributed by atoms with Gasteiger partial charge in [-0.25, -0.2) is 0 Å². The molecule has 0 saturated heterocycles. The molecule has 0 aromatic heterocycles. The van der Waals surface area contributed by atoms with Crippen molar-refractivity contribution in [1.29, 1.82) is 0 Å². The van der Waals surface area contributed by atoms with Crippen molar-refractivity contribution in [2.24, 2.45) is 0 Å². The van der Waals surface area contributed by atoms with Crippen molar-refractivity contribution in [2.45, 2.75) is 11.4 Å². The first-order valence-corrected chi connectivity index (χ1v) is 7.38. The van der Waals surface area contributed by atoms with Gasteiger partial charge in [0.1, 0.15) is 0 Å². The van der Waals surface area contributed by atoms with E-state index < -0.39 is 0 Å². The first-order valence-electron chi connectivity index (χ1n) is 6.56. The number of thioether (sulfide) groups is 1. The van der Waals surface area contributed by atoms with Crippen LogP contribution in [0.1, 0.15) is 15.9 Å². The van der Waals surface area contributed by atoms with Crippen molar-refractivity contribution in [2.75, 3.05) is 0 Å². The van der Waals surface area contributed by atoms with Gasteiger partial charge in [0.15, 0.2) is 0 Å². The lowest BCUT2D eigenvalue weighted by atomic mass is 10.1. The molecule has 0 N–H and O–H groups in total. The van der Waals surface area contributed by atoms with E-state index in [9.17, 15) is 9.59 Å². The molecule has 0 atom stereocenters. The lowest BCUT2D eigenvalue weighted by Gasteiger charge is -2.13. The Morgan fingerprint density at radius 2 is 1.71 bits per heavy atom. The number of hydrogen-bond acceptors (Lipinski definition) is 3. The number of Topliss-reactive ketones (excluding diaryl/α,β-unsaturated/α-hetero) is 1. The highest BCUT2D eigenvalue weighted by Gasteiger charge is 2.25. The number of fused-ring (bicyclic) bond motifs is 1. The van der Waals surface area contributed by atoms with Crippen LogP contribution in [0.15, 0.2) is 70.6 Å². The molecule has 2 aromatic carbocycles. The Bertz CT molecular complexity index is 710. The minimum Gasteiger partial charge on any atom is -0.316 e. The molecule has 0 bridgehead atoms. The van der Waals surface area contributed by atoms with Crippen LogP contribution in [0.25, 0.3) is 0 Å². The summed E-state index contributed by atoms with van der Waals surface area (Å²) < 4.78 is 0. The van der Waals surface area contributed by atoms with E-state index in [1.54, 1.807) is 6.20 Å². The zero-order valence-corrected chi connectivity index (χ0v) is 12.0. The van der Waals surface area contributed by atoms with Gasteiger partial charge in [0, 0.05) is 16.7 Å². The summed E-state index contributed by atoms with van der Waals surface area (Å²) >= 11 is 1.41. The predicted molar refractivity (Wildman–Crippen MR) is 82.8 cm³/mol. The van der Waals surface area contributed by atoms with E-state index in [0.717, 1.165) is 16.9 Å². The summed E-state index contributed by atoms with van der Waals surface area (Å²) in [6.45, 7) is 0.456. The van der Waals surface area contributed by atoms with Gasteiger partial charge in [-0.2, -0.15) is 0 Å². The van der Waals surface area contributed by atoms with Gasteiger partial charge in [0.05, 0.1) is 11.4 Å². The molecule has 1 amide bonds. The number of amides is 1. The van der Waals surface area contributed by atoms with E-state index in [1.165, 1.54) is 16.7 Å². The van der Waals surface area contributed by atoms with E-state index in [0.29, 0.717) is 17.0 Å². The van der Waals surface area contributed by atoms with Crippen LogP contribution in [0.3, 0.4) is 0 Å². The van der Waals surface area contributed by atoms with Crippen LogP contribution in [-0.2, 0) is 11.3 Å².